The summed E-state index contributed by atoms with van der Waals surface area (Å²) in [5.74, 6) is -0.356. The highest BCUT2D eigenvalue weighted by atomic mass is 32.2. The predicted octanol–water partition coefficient (Wildman–Crippen LogP) is 3.53. The number of aryl methyl sites for hydroxylation is 2. The second-order valence-electron chi connectivity index (χ2n) is 6.81. The van der Waals surface area contributed by atoms with E-state index in [1.807, 2.05) is 19.1 Å². The lowest BCUT2D eigenvalue weighted by Crippen LogP contribution is -2.13. The van der Waals surface area contributed by atoms with Crippen LogP contribution < -0.4 is 9.46 Å². The molecule has 0 fully saturated rings. The highest BCUT2D eigenvalue weighted by molar-refractivity contribution is 7.92. The van der Waals surface area contributed by atoms with Crippen molar-refractivity contribution < 1.29 is 23.1 Å². The molecule has 2 N–H and O–H groups in total. The smallest absolute Gasteiger partial charge is 0.303 e. The fraction of sp³-hybridized carbons (Fsp3) is 0.238. The normalized spacial score (nSPS) is 11.3. The zero-order valence-corrected chi connectivity index (χ0v) is 17.5. The summed E-state index contributed by atoms with van der Waals surface area (Å²) in [6.45, 7) is 3.90. The second kappa shape index (κ2) is 9.00. The van der Waals surface area contributed by atoms with E-state index < -0.39 is 16.0 Å². The first-order valence-electron chi connectivity index (χ1n) is 9.35. The molecule has 0 saturated carbocycles. The van der Waals surface area contributed by atoms with Gasteiger partial charge >= 0.3 is 5.97 Å². The molecule has 0 radical (unpaired) electrons. The number of benzene rings is 2. The molecule has 3 rings (SSSR count). The zero-order chi connectivity index (χ0) is 21.7. The molecule has 3 aromatic rings. The van der Waals surface area contributed by atoms with Gasteiger partial charge in [-0.1, -0.05) is 6.07 Å². The standard InChI is InChI=1S/C21H23N3O5S/c1-15-13-19(8-9-20(15)29-12-4-7-21(25)26)30(27,28)23-17-5-3-6-18(14-17)24-16(2)10-11-22-24/h3,5-6,8-11,13-14,23H,4,7,12H2,1-2H3,(H,25,26). The number of hydrogen-bond acceptors (Lipinski definition) is 5. The van der Waals surface area contributed by atoms with E-state index >= 15 is 0 Å². The highest BCUT2D eigenvalue weighted by Crippen LogP contribution is 2.24. The van der Waals surface area contributed by atoms with Gasteiger partial charge in [0.05, 0.1) is 22.9 Å². The summed E-state index contributed by atoms with van der Waals surface area (Å²) in [6.07, 6.45) is 2.08. The molecular weight excluding hydrogens is 406 g/mol. The molecule has 0 atom stereocenters. The van der Waals surface area contributed by atoms with Crippen LogP contribution in [0.15, 0.2) is 59.6 Å². The van der Waals surface area contributed by atoms with E-state index in [4.69, 9.17) is 9.84 Å². The SMILES string of the molecule is Cc1cc(S(=O)(=O)Nc2cccc(-n3nccc3C)c2)ccc1OCCCC(=O)O. The lowest BCUT2D eigenvalue weighted by atomic mass is 10.2. The van der Waals surface area contributed by atoms with E-state index in [1.165, 1.54) is 12.1 Å². The summed E-state index contributed by atoms with van der Waals surface area (Å²) in [4.78, 5) is 10.7. The molecule has 0 saturated heterocycles. The third-order valence-corrected chi connectivity index (χ3v) is 5.80. The van der Waals surface area contributed by atoms with Crippen LogP contribution in [-0.4, -0.2) is 35.9 Å². The van der Waals surface area contributed by atoms with Crippen LogP contribution in [0.4, 0.5) is 5.69 Å². The number of hydrogen-bond donors (Lipinski definition) is 2. The molecule has 1 heterocycles. The fourth-order valence-corrected chi connectivity index (χ4v) is 4.05. The summed E-state index contributed by atoms with van der Waals surface area (Å²) < 4.78 is 35.5. The predicted molar refractivity (Wildman–Crippen MR) is 113 cm³/mol. The van der Waals surface area contributed by atoms with Gasteiger partial charge in [-0.3, -0.25) is 9.52 Å². The number of aliphatic carboxylic acids is 1. The monoisotopic (exact) mass is 429 g/mol. The van der Waals surface area contributed by atoms with Crippen LogP contribution in [0, 0.1) is 13.8 Å². The number of sulfonamides is 1. The maximum atomic E-state index is 12.8. The van der Waals surface area contributed by atoms with Crippen LogP contribution >= 0.6 is 0 Å². The Bertz CT molecular complexity index is 1150. The molecule has 30 heavy (non-hydrogen) atoms. The minimum atomic E-state index is -3.80. The third-order valence-electron chi connectivity index (χ3n) is 4.42. The number of carboxylic acids is 1. The molecule has 0 bridgehead atoms. The third kappa shape index (κ3) is 5.18. The van der Waals surface area contributed by atoms with E-state index in [0.717, 1.165) is 11.4 Å². The Kier molecular flexibility index (Phi) is 6.41. The van der Waals surface area contributed by atoms with Crippen molar-refractivity contribution in [2.75, 3.05) is 11.3 Å². The number of aromatic nitrogens is 2. The Labute approximate surface area is 175 Å². The second-order valence-corrected chi connectivity index (χ2v) is 8.50. The molecular formula is C21H23N3O5S. The average Bonchev–Trinajstić information content (AvgIpc) is 3.12. The number of carboxylic acid groups (broad SMARTS) is 1. The maximum Gasteiger partial charge on any atom is 0.303 e. The van der Waals surface area contributed by atoms with Crippen molar-refractivity contribution >= 4 is 21.7 Å². The summed E-state index contributed by atoms with van der Waals surface area (Å²) >= 11 is 0. The van der Waals surface area contributed by atoms with E-state index in [-0.39, 0.29) is 17.9 Å². The number of rotatable bonds is 9. The van der Waals surface area contributed by atoms with Crippen molar-refractivity contribution in [1.29, 1.82) is 0 Å². The van der Waals surface area contributed by atoms with E-state index in [1.54, 1.807) is 42.1 Å². The van der Waals surface area contributed by atoms with Crippen molar-refractivity contribution in [3.05, 3.63) is 66.0 Å². The van der Waals surface area contributed by atoms with Gasteiger partial charge in [-0.2, -0.15) is 5.10 Å². The Morgan fingerprint density at radius 3 is 2.63 bits per heavy atom. The van der Waals surface area contributed by atoms with Gasteiger partial charge in [-0.15, -0.1) is 0 Å². The maximum absolute atomic E-state index is 12.8. The summed E-state index contributed by atoms with van der Waals surface area (Å²) in [5, 5.41) is 12.9. The van der Waals surface area contributed by atoms with Crippen LogP contribution in [0.2, 0.25) is 0 Å². The number of nitrogens with one attached hydrogen (secondary N) is 1. The van der Waals surface area contributed by atoms with Gasteiger partial charge in [0.25, 0.3) is 10.0 Å². The van der Waals surface area contributed by atoms with Gasteiger partial charge in [0.15, 0.2) is 0 Å². The lowest BCUT2D eigenvalue weighted by molar-refractivity contribution is -0.137. The molecule has 0 aliphatic heterocycles. The quantitative estimate of drug-likeness (QED) is 0.504. The summed E-state index contributed by atoms with van der Waals surface area (Å²) in [7, 11) is -3.80. The lowest BCUT2D eigenvalue weighted by Gasteiger charge is -2.13. The molecule has 0 aliphatic rings. The molecule has 0 amide bonds. The number of nitrogens with zero attached hydrogens (tertiary/aromatic N) is 2. The topological polar surface area (TPSA) is 111 Å². The number of ether oxygens (including phenoxy) is 1. The van der Waals surface area contributed by atoms with E-state index in [0.29, 0.717) is 23.4 Å². The number of anilines is 1. The van der Waals surface area contributed by atoms with Crippen LogP contribution in [0.25, 0.3) is 5.69 Å². The molecule has 9 heteroatoms. The van der Waals surface area contributed by atoms with Crippen molar-refractivity contribution in [3.8, 4) is 11.4 Å². The highest BCUT2D eigenvalue weighted by Gasteiger charge is 2.16. The minimum Gasteiger partial charge on any atom is -0.493 e. The largest absolute Gasteiger partial charge is 0.493 e. The van der Waals surface area contributed by atoms with E-state index in [9.17, 15) is 13.2 Å². The van der Waals surface area contributed by atoms with Gasteiger partial charge in [0, 0.05) is 18.3 Å². The first-order valence-corrected chi connectivity index (χ1v) is 10.8. The van der Waals surface area contributed by atoms with Crippen molar-refractivity contribution in [3.63, 3.8) is 0 Å². The van der Waals surface area contributed by atoms with Crippen LogP contribution in [0.5, 0.6) is 5.75 Å². The van der Waals surface area contributed by atoms with Gasteiger partial charge in [0.2, 0.25) is 0 Å². The molecule has 1 aromatic heterocycles. The van der Waals surface area contributed by atoms with Gasteiger partial charge in [-0.25, -0.2) is 13.1 Å². The van der Waals surface area contributed by atoms with Crippen molar-refractivity contribution in [1.82, 2.24) is 9.78 Å². The summed E-state index contributed by atoms with van der Waals surface area (Å²) in [6, 6.07) is 13.4. The van der Waals surface area contributed by atoms with Gasteiger partial charge < -0.3 is 9.84 Å². The fourth-order valence-electron chi connectivity index (χ4n) is 2.91. The van der Waals surface area contributed by atoms with Crippen LogP contribution in [0.1, 0.15) is 24.1 Å². The van der Waals surface area contributed by atoms with Gasteiger partial charge in [0.1, 0.15) is 5.75 Å². The molecule has 0 unspecified atom stereocenters. The Hall–Kier alpha value is -3.33. The average molecular weight is 429 g/mol. The van der Waals surface area contributed by atoms with Gasteiger partial charge in [-0.05, 0) is 68.3 Å². The van der Waals surface area contributed by atoms with Crippen molar-refractivity contribution in [2.24, 2.45) is 0 Å². The summed E-state index contributed by atoms with van der Waals surface area (Å²) in [5.41, 5.74) is 2.76. The molecule has 0 spiro atoms. The first-order chi connectivity index (χ1) is 14.3. The molecule has 2 aromatic carbocycles. The Balaban J connectivity index is 1.74. The minimum absolute atomic E-state index is 0.0204. The molecule has 8 nitrogen and oxygen atoms in total. The van der Waals surface area contributed by atoms with Crippen LogP contribution in [0.3, 0.4) is 0 Å². The van der Waals surface area contributed by atoms with Crippen LogP contribution in [-0.2, 0) is 14.8 Å². The molecule has 158 valence electrons. The Morgan fingerprint density at radius 2 is 1.97 bits per heavy atom. The van der Waals surface area contributed by atoms with E-state index in [2.05, 4.69) is 9.82 Å². The van der Waals surface area contributed by atoms with Crippen molar-refractivity contribution in [2.45, 2.75) is 31.6 Å². The zero-order valence-electron chi connectivity index (χ0n) is 16.7. The Morgan fingerprint density at radius 1 is 1.17 bits per heavy atom. The number of carbonyl (C=O) groups is 1. The first kappa shape index (κ1) is 21.4. The molecule has 0 aliphatic carbocycles.